The van der Waals surface area contributed by atoms with Gasteiger partial charge in [0.1, 0.15) is 6.33 Å². The third kappa shape index (κ3) is 4.34. The van der Waals surface area contributed by atoms with Crippen molar-refractivity contribution in [1.82, 2.24) is 13.3 Å². The maximum absolute atomic E-state index is 12.0. The van der Waals surface area contributed by atoms with Gasteiger partial charge in [-0.2, -0.15) is 12.7 Å². The predicted octanol–water partition coefficient (Wildman–Crippen LogP) is 0.890. The van der Waals surface area contributed by atoms with Gasteiger partial charge in [-0.25, -0.2) is 17.4 Å². The van der Waals surface area contributed by atoms with Crippen LogP contribution in [0.1, 0.15) is 18.2 Å². The zero-order valence-electron chi connectivity index (χ0n) is 13.7. The third-order valence-electron chi connectivity index (χ3n) is 3.31. The molecule has 1 aromatic heterocycles. The highest BCUT2D eigenvalue weighted by atomic mass is 32.2. The number of nitrogens with one attached hydrogen (secondary N) is 1. The molecule has 0 spiro atoms. The first-order chi connectivity index (χ1) is 11.1. The summed E-state index contributed by atoms with van der Waals surface area (Å²) >= 11 is 0. The van der Waals surface area contributed by atoms with Gasteiger partial charge in [-0.1, -0.05) is 12.1 Å². The zero-order chi connectivity index (χ0) is 18.0. The summed E-state index contributed by atoms with van der Waals surface area (Å²) in [5.74, 6) is -0.00989. The topological polar surface area (TPSA) is 101 Å². The number of anilines is 1. The van der Waals surface area contributed by atoms with E-state index < -0.39 is 20.2 Å². The SMILES string of the molecule is CCS(=O)(=O)Nc1cccc(Cc2cn(S(=O)(=O)N(C)C)cn2)c1. The second-order valence-corrected chi connectivity index (χ2v) is 9.43. The van der Waals surface area contributed by atoms with Crippen molar-refractivity contribution < 1.29 is 16.8 Å². The Labute approximate surface area is 142 Å². The molecule has 1 aromatic carbocycles. The molecular weight excluding hydrogens is 352 g/mol. The monoisotopic (exact) mass is 372 g/mol. The van der Waals surface area contributed by atoms with Crippen molar-refractivity contribution >= 4 is 25.9 Å². The van der Waals surface area contributed by atoms with Crippen molar-refractivity contribution in [3.63, 3.8) is 0 Å². The Morgan fingerprint density at radius 1 is 1.21 bits per heavy atom. The molecule has 0 unspecified atom stereocenters. The number of rotatable bonds is 7. The van der Waals surface area contributed by atoms with Crippen molar-refractivity contribution in [1.29, 1.82) is 0 Å². The van der Waals surface area contributed by atoms with E-state index in [9.17, 15) is 16.8 Å². The lowest BCUT2D eigenvalue weighted by molar-refractivity contribution is 0.510. The first-order valence-electron chi connectivity index (χ1n) is 7.19. The molecule has 0 aliphatic rings. The van der Waals surface area contributed by atoms with Gasteiger partial charge in [-0.3, -0.25) is 4.72 Å². The Kier molecular flexibility index (Phi) is 5.31. The third-order valence-corrected chi connectivity index (χ3v) is 6.27. The number of sulfonamides is 1. The number of benzene rings is 1. The quantitative estimate of drug-likeness (QED) is 0.778. The lowest BCUT2D eigenvalue weighted by Crippen LogP contribution is -2.27. The van der Waals surface area contributed by atoms with E-state index in [0.717, 1.165) is 13.8 Å². The number of hydrogen-bond acceptors (Lipinski definition) is 5. The van der Waals surface area contributed by atoms with Gasteiger partial charge in [0, 0.05) is 32.4 Å². The fourth-order valence-electron chi connectivity index (χ4n) is 1.96. The van der Waals surface area contributed by atoms with Crippen molar-refractivity contribution in [3.05, 3.63) is 48.0 Å². The molecule has 0 aliphatic carbocycles. The van der Waals surface area contributed by atoms with Crippen LogP contribution in [0.2, 0.25) is 0 Å². The molecule has 10 heteroatoms. The Morgan fingerprint density at radius 2 is 1.92 bits per heavy atom. The summed E-state index contributed by atoms with van der Waals surface area (Å²) in [5.41, 5.74) is 1.85. The Hall–Kier alpha value is -1.91. The highest BCUT2D eigenvalue weighted by Gasteiger charge is 2.16. The number of aromatic nitrogens is 2. The molecule has 1 N–H and O–H groups in total. The fraction of sp³-hybridized carbons (Fsp3) is 0.357. The van der Waals surface area contributed by atoms with Gasteiger partial charge in [0.2, 0.25) is 10.0 Å². The Bertz CT molecular complexity index is 918. The van der Waals surface area contributed by atoms with Crippen molar-refractivity contribution in [2.45, 2.75) is 13.3 Å². The minimum absolute atomic E-state index is 0.00989. The van der Waals surface area contributed by atoms with E-state index in [4.69, 9.17) is 0 Å². The van der Waals surface area contributed by atoms with Crippen LogP contribution < -0.4 is 4.72 Å². The summed E-state index contributed by atoms with van der Waals surface area (Å²) in [6.45, 7) is 1.56. The summed E-state index contributed by atoms with van der Waals surface area (Å²) in [4.78, 5) is 4.10. The average Bonchev–Trinajstić information content (AvgIpc) is 2.96. The molecule has 1 heterocycles. The molecule has 0 fully saturated rings. The molecule has 0 saturated heterocycles. The average molecular weight is 372 g/mol. The maximum Gasteiger partial charge on any atom is 0.308 e. The second-order valence-electron chi connectivity index (χ2n) is 5.37. The van der Waals surface area contributed by atoms with Crippen LogP contribution in [0.4, 0.5) is 5.69 Å². The normalized spacial score (nSPS) is 12.5. The molecule has 0 atom stereocenters. The summed E-state index contributed by atoms with van der Waals surface area (Å²) in [5, 5.41) is 0. The molecule has 0 radical (unpaired) electrons. The van der Waals surface area contributed by atoms with Crippen LogP contribution in [0.25, 0.3) is 0 Å². The standard InChI is InChI=1S/C14H20N4O4S2/c1-4-23(19,20)16-13-7-5-6-12(8-13)9-14-10-18(11-15-14)24(21,22)17(2)3/h5-8,10-11,16H,4,9H2,1-3H3. The van der Waals surface area contributed by atoms with E-state index in [1.807, 2.05) is 6.07 Å². The van der Waals surface area contributed by atoms with E-state index >= 15 is 0 Å². The van der Waals surface area contributed by atoms with Gasteiger partial charge in [0.25, 0.3) is 0 Å². The maximum atomic E-state index is 12.0. The van der Waals surface area contributed by atoms with Gasteiger partial charge in [-0.05, 0) is 24.6 Å². The van der Waals surface area contributed by atoms with Crippen LogP contribution in [0.5, 0.6) is 0 Å². The first kappa shape index (κ1) is 18.4. The summed E-state index contributed by atoms with van der Waals surface area (Å²) in [6, 6.07) is 6.91. The Balaban J connectivity index is 2.20. The minimum Gasteiger partial charge on any atom is -0.284 e. The molecule has 8 nitrogen and oxygen atoms in total. The van der Waals surface area contributed by atoms with E-state index in [0.29, 0.717) is 17.8 Å². The predicted molar refractivity (Wildman–Crippen MR) is 92.6 cm³/mol. The number of hydrogen-bond donors (Lipinski definition) is 1. The molecule has 24 heavy (non-hydrogen) atoms. The van der Waals surface area contributed by atoms with E-state index in [1.165, 1.54) is 26.6 Å². The number of nitrogens with zero attached hydrogens (tertiary/aromatic N) is 3. The van der Waals surface area contributed by atoms with Crippen molar-refractivity contribution in [2.24, 2.45) is 0 Å². The smallest absolute Gasteiger partial charge is 0.284 e. The van der Waals surface area contributed by atoms with Crippen LogP contribution in [-0.2, 0) is 26.7 Å². The fourth-order valence-corrected chi connectivity index (χ4v) is 3.38. The Morgan fingerprint density at radius 3 is 2.54 bits per heavy atom. The van der Waals surface area contributed by atoms with Gasteiger partial charge in [-0.15, -0.1) is 0 Å². The molecule has 0 amide bonds. The summed E-state index contributed by atoms with van der Waals surface area (Å²) in [7, 11) is -4.04. The largest absolute Gasteiger partial charge is 0.308 e. The molecule has 0 aliphatic heterocycles. The van der Waals surface area contributed by atoms with Gasteiger partial charge < -0.3 is 0 Å². The van der Waals surface area contributed by atoms with Crippen molar-refractivity contribution in [2.75, 3.05) is 24.6 Å². The molecule has 2 aromatic rings. The lowest BCUT2D eigenvalue weighted by atomic mass is 10.1. The van der Waals surface area contributed by atoms with E-state index in [-0.39, 0.29) is 5.75 Å². The summed E-state index contributed by atoms with van der Waals surface area (Å²) in [6.07, 6.45) is 3.07. The van der Waals surface area contributed by atoms with E-state index in [2.05, 4.69) is 9.71 Å². The van der Waals surface area contributed by atoms with Crippen LogP contribution in [0.3, 0.4) is 0 Å². The lowest BCUT2D eigenvalue weighted by Gasteiger charge is -2.10. The molecular formula is C14H20N4O4S2. The van der Waals surface area contributed by atoms with Crippen LogP contribution in [0, 0.1) is 0 Å². The second kappa shape index (κ2) is 6.91. The molecule has 132 valence electrons. The van der Waals surface area contributed by atoms with Gasteiger partial charge in [0.05, 0.1) is 11.4 Å². The van der Waals surface area contributed by atoms with Crippen LogP contribution in [0.15, 0.2) is 36.8 Å². The minimum atomic E-state index is -3.59. The highest BCUT2D eigenvalue weighted by molar-refractivity contribution is 7.92. The van der Waals surface area contributed by atoms with Crippen LogP contribution >= 0.6 is 0 Å². The molecule has 0 bridgehead atoms. The number of imidazole rings is 1. The summed E-state index contributed by atoms with van der Waals surface area (Å²) < 4.78 is 51.9. The highest BCUT2D eigenvalue weighted by Crippen LogP contribution is 2.16. The molecule has 0 saturated carbocycles. The van der Waals surface area contributed by atoms with Gasteiger partial charge >= 0.3 is 10.2 Å². The van der Waals surface area contributed by atoms with Crippen LogP contribution in [-0.4, -0.2) is 49.9 Å². The van der Waals surface area contributed by atoms with E-state index in [1.54, 1.807) is 25.1 Å². The first-order valence-corrected chi connectivity index (χ1v) is 10.2. The van der Waals surface area contributed by atoms with Crippen molar-refractivity contribution in [3.8, 4) is 0 Å². The zero-order valence-corrected chi connectivity index (χ0v) is 15.3. The van der Waals surface area contributed by atoms with Gasteiger partial charge in [0.15, 0.2) is 0 Å². The molecule has 2 rings (SSSR count).